The van der Waals surface area contributed by atoms with Crippen LogP contribution in [0, 0.1) is 6.92 Å². The number of benzene rings is 2. The first-order valence-corrected chi connectivity index (χ1v) is 10.8. The van der Waals surface area contributed by atoms with Gasteiger partial charge in [0.2, 0.25) is 4.96 Å². The maximum absolute atomic E-state index is 4.90. The molecular formula is C24H28N4S. The molecule has 0 atom stereocenters. The molecule has 4 aromatic rings. The lowest BCUT2D eigenvalue weighted by atomic mass is 9.79. The summed E-state index contributed by atoms with van der Waals surface area (Å²) in [4.78, 5) is 0.814. The molecule has 0 spiro atoms. The SMILES string of the molecule is Cc1ccc(-c2nnc3sc(-c4cc(C(C)(C)C)cc(C(C)(C)C)c4)nn23)cc1. The third kappa shape index (κ3) is 3.84. The molecule has 2 heterocycles. The van der Waals surface area contributed by atoms with Gasteiger partial charge in [0.15, 0.2) is 5.82 Å². The van der Waals surface area contributed by atoms with Crippen LogP contribution in [0.4, 0.5) is 0 Å². The van der Waals surface area contributed by atoms with Crippen LogP contribution in [-0.4, -0.2) is 19.8 Å². The van der Waals surface area contributed by atoms with Crippen LogP contribution < -0.4 is 0 Å². The van der Waals surface area contributed by atoms with Crippen molar-refractivity contribution in [1.29, 1.82) is 0 Å². The minimum atomic E-state index is 0.0715. The van der Waals surface area contributed by atoms with E-state index in [4.69, 9.17) is 5.10 Å². The first kappa shape index (κ1) is 19.8. The molecule has 5 heteroatoms. The zero-order valence-electron chi connectivity index (χ0n) is 18.2. The second-order valence-corrected chi connectivity index (χ2v) is 10.7. The highest BCUT2D eigenvalue weighted by Gasteiger charge is 2.22. The second kappa shape index (κ2) is 6.77. The van der Waals surface area contributed by atoms with Crippen molar-refractivity contribution in [2.75, 3.05) is 0 Å². The summed E-state index contributed by atoms with van der Waals surface area (Å²) in [6.45, 7) is 15.6. The van der Waals surface area contributed by atoms with Crippen LogP contribution in [-0.2, 0) is 10.8 Å². The first-order chi connectivity index (χ1) is 13.5. The van der Waals surface area contributed by atoms with Gasteiger partial charge in [-0.25, -0.2) is 0 Å². The van der Waals surface area contributed by atoms with Crippen molar-refractivity contribution in [2.45, 2.75) is 59.3 Å². The molecule has 0 amide bonds. The van der Waals surface area contributed by atoms with Crippen molar-refractivity contribution in [2.24, 2.45) is 0 Å². The Morgan fingerprint density at radius 2 is 1.34 bits per heavy atom. The molecule has 150 valence electrons. The predicted octanol–water partition coefficient (Wildman–Crippen LogP) is 6.42. The number of rotatable bonds is 2. The fourth-order valence-corrected chi connectivity index (χ4v) is 4.06. The zero-order valence-corrected chi connectivity index (χ0v) is 19.1. The molecule has 0 radical (unpaired) electrons. The Morgan fingerprint density at radius 1 is 0.759 bits per heavy atom. The molecule has 0 aliphatic heterocycles. The molecule has 0 aliphatic rings. The standard InChI is InChI=1S/C24H28N4S/c1-15-8-10-16(11-9-15)20-25-26-22-28(20)27-21(29-22)17-12-18(23(2,3)4)14-19(13-17)24(5,6)7/h8-14H,1-7H3. The Balaban J connectivity index is 1.86. The van der Waals surface area contributed by atoms with Gasteiger partial charge in [0.25, 0.3) is 0 Å². The Morgan fingerprint density at radius 3 is 1.90 bits per heavy atom. The third-order valence-corrected chi connectivity index (χ3v) is 6.16. The summed E-state index contributed by atoms with van der Waals surface area (Å²) in [7, 11) is 0. The normalized spacial score (nSPS) is 12.7. The van der Waals surface area contributed by atoms with Crippen LogP contribution in [0.25, 0.3) is 26.9 Å². The summed E-state index contributed by atoms with van der Waals surface area (Å²) in [5.74, 6) is 0.783. The van der Waals surface area contributed by atoms with E-state index in [1.165, 1.54) is 16.7 Å². The minimum absolute atomic E-state index is 0.0715. The highest BCUT2D eigenvalue weighted by molar-refractivity contribution is 7.19. The van der Waals surface area contributed by atoms with Gasteiger partial charge in [-0.2, -0.15) is 9.61 Å². The third-order valence-electron chi connectivity index (χ3n) is 5.21. The van der Waals surface area contributed by atoms with Gasteiger partial charge in [-0.05, 0) is 41.0 Å². The van der Waals surface area contributed by atoms with E-state index in [0.717, 1.165) is 26.9 Å². The molecule has 4 rings (SSSR count). The van der Waals surface area contributed by atoms with Gasteiger partial charge < -0.3 is 0 Å². The predicted molar refractivity (Wildman–Crippen MR) is 122 cm³/mol. The van der Waals surface area contributed by atoms with Gasteiger partial charge in [0.05, 0.1) is 0 Å². The van der Waals surface area contributed by atoms with E-state index >= 15 is 0 Å². The Hall–Kier alpha value is -2.53. The van der Waals surface area contributed by atoms with Crippen LogP contribution >= 0.6 is 11.3 Å². The van der Waals surface area contributed by atoms with E-state index in [1.54, 1.807) is 11.3 Å². The lowest BCUT2D eigenvalue weighted by Crippen LogP contribution is -2.16. The minimum Gasteiger partial charge on any atom is -0.182 e. The number of nitrogens with zero attached hydrogens (tertiary/aromatic N) is 4. The second-order valence-electron chi connectivity index (χ2n) is 9.79. The van der Waals surface area contributed by atoms with E-state index in [9.17, 15) is 0 Å². The van der Waals surface area contributed by atoms with Crippen LogP contribution in [0.15, 0.2) is 42.5 Å². The quantitative estimate of drug-likeness (QED) is 0.387. The van der Waals surface area contributed by atoms with Crippen LogP contribution in [0.5, 0.6) is 0 Å². The number of aryl methyl sites for hydroxylation is 1. The molecule has 0 bridgehead atoms. The van der Waals surface area contributed by atoms with Crippen molar-refractivity contribution >= 4 is 16.3 Å². The fourth-order valence-electron chi connectivity index (χ4n) is 3.23. The van der Waals surface area contributed by atoms with Crippen molar-refractivity contribution < 1.29 is 0 Å². The largest absolute Gasteiger partial charge is 0.235 e. The van der Waals surface area contributed by atoms with Crippen molar-refractivity contribution in [3.63, 3.8) is 0 Å². The highest BCUT2D eigenvalue weighted by atomic mass is 32.1. The Labute approximate surface area is 176 Å². The molecule has 2 aromatic carbocycles. The molecule has 0 saturated carbocycles. The molecule has 0 saturated heterocycles. The lowest BCUT2D eigenvalue weighted by molar-refractivity contribution is 0.569. The van der Waals surface area contributed by atoms with E-state index in [2.05, 4.69) is 101 Å². The van der Waals surface area contributed by atoms with Gasteiger partial charge in [-0.15, -0.1) is 10.2 Å². The van der Waals surface area contributed by atoms with Crippen LogP contribution in [0.3, 0.4) is 0 Å². The average molecular weight is 405 g/mol. The van der Waals surface area contributed by atoms with Crippen molar-refractivity contribution in [3.05, 3.63) is 59.2 Å². The summed E-state index contributed by atoms with van der Waals surface area (Å²) in [5.41, 5.74) is 6.19. The topological polar surface area (TPSA) is 43.1 Å². The highest BCUT2D eigenvalue weighted by Crippen LogP contribution is 2.35. The number of hydrogen-bond donors (Lipinski definition) is 0. The number of hydrogen-bond acceptors (Lipinski definition) is 4. The summed E-state index contributed by atoms with van der Waals surface area (Å²) in [5, 5.41) is 14.6. The van der Waals surface area contributed by atoms with Gasteiger partial charge in [-0.1, -0.05) is 88.8 Å². The Kier molecular flexibility index (Phi) is 4.61. The summed E-state index contributed by atoms with van der Waals surface area (Å²) in [6.07, 6.45) is 0. The van der Waals surface area contributed by atoms with Gasteiger partial charge in [-0.3, -0.25) is 0 Å². The van der Waals surface area contributed by atoms with E-state index in [1.807, 2.05) is 4.52 Å². The van der Waals surface area contributed by atoms with E-state index < -0.39 is 0 Å². The number of fused-ring (bicyclic) bond motifs is 1. The molecule has 0 fully saturated rings. The smallest absolute Gasteiger partial charge is 0.182 e. The van der Waals surface area contributed by atoms with Gasteiger partial charge in [0.1, 0.15) is 5.01 Å². The van der Waals surface area contributed by atoms with Crippen LogP contribution in [0.2, 0.25) is 0 Å². The molecule has 0 N–H and O–H groups in total. The molecule has 0 aliphatic carbocycles. The summed E-state index contributed by atoms with van der Waals surface area (Å²) in [6, 6.07) is 15.2. The molecule has 4 nitrogen and oxygen atoms in total. The fraction of sp³-hybridized carbons (Fsp3) is 0.375. The monoisotopic (exact) mass is 404 g/mol. The van der Waals surface area contributed by atoms with Crippen molar-refractivity contribution in [3.8, 4) is 22.0 Å². The van der Waals surface area contributed by atoms with Crippen molar-refractivity contribution in [1.82, 2.24) is 19.8 Å². The van der Waals surface area contributed by atoms with Gasteiger partial charge >= 0.3 is 0 Å². The lowest BCUT2D eigenvalue weighted by Gasteiger charge is -2.25. The van der Waals surface area contributed by atoms with Gasteiger partial charge in [0, 0.05) is 11.1 Å². The summed E-state index contributed by atoms with van der Waals surface area (Å²) >= 11 is 1.59. The van der Waals surface area contributed by atoms with Crippen LogP contribution in [0.1, 0.15) is 58.2 Å². The maximum Gasteiger partial charge on any atom is 0.235 e. The molecular weight excluding hydrogens is 376 g/mol. The van der Waals surface area contributed by atoms with E-state index in [-0.39, 0.29) is 10.8 Å². The first-order valence-electron chi connectivity index (χ1n) is 9.98. The average Bonchev–Trinajstić information content (AvgIpc) is 3.21. The molecule has 29 heavy (non-hydrogen) atoms. The maximum atomic E-state index is 4.90. The zero-order chi connectivity index (χ0) is 21.0. The number of aromatic nitrogens is 4. The molecule has 0 unspecified atom stereocenters. The molecule has 2 aromatic heterocycles. The Bertz CT molecular complexity index is 1140. The van der Waals surface area contributed by atoms with E-state index in [0.29, 0.717) is 0 Å². The summed E-state index contributed by atoms with van der Waals surface area (Å²) < 4.78 is 1.87.